The van der Waals surface area contributed by atoms with E-state index in [9.17, 15) is 9.18 Å². The Bertz CT molecular complexity index is 391. The first kappa shape index (κ1) is 13.5. The summed E-state index contributed by atoms with van der Waals surface area (Å²) in [5, 5.41) is 2.78. The maximum Gasteiger partial charge on any atom is 0.220 e. The van der Waals surface area contributed by atoms with E-state index in [1.807, 2.05) is 13.8 Å². The summed E-state index contributed by atoms with van der Waals surface area (Å²) in [7, 11) is 1.42. The van der Waals surface area contributed by atoms with Crippen LogP contribution in [0.4, 0.5) is 4.39 Å². The fourth-order valence-corrected chi connectivity index (χ4v) is 1.46. The van der Waals surface area contributed by atoms with Gasteiger partial charge in [-0.05, 0) is 23.6 Å². The first-order valence-corrected chi connectivity index (χ1v) is 5.62. The Kier molecular flexibility index (Phi) is 4.94. The van der Waals surface area contributed by atoms with Crippen LogP contribution in [0.3, 0.4) is 0 Å². The van der Waals surface area contributed by atoms with Gasteiger partial charge in [0, 0.05) is 13.0 Å². The molecule has 1 aromatic carbocycles. The van der Waals surface area contributed by atoms with Crippen molar-refractivity contribution in [2.24, 2.45) is 5.92 Å². The number of nitrogens with one attached hydrogen (secondary N) is 1. The number of amides is 1. The van der Waals surface area contributed by atoms with E-state index in [-0.39, 0.29) is 11.7 Å². The molecule has 0 unspecified atom stereocenters. The molecule has 4 heteroatoms. The number of carbonyl (C=O) groups is 1. The molecule has 17 heavy (non-hydrogen) atoms. The van der Waals surface area contributed by atoms with Crippen molar-refractivity contribution in [2.45, 2.75) is 26.8 Å². The molecule has 0 aliphatic rings. The molecular formula is C13H18FNO2. The molecule has 0 fully saturated rings. The second-order valence-corrected chi connectivity index (χ2v) is 4.34. The lowest BCUT2D eigenvalue weighted by Crippen LogP contribution is -2.23. The third-order valence-corrected chi connectivity index (χ3v) is 2.30. The SMILES string of the molecule is COc1cc(CNC(=O)CC(C)C)ccc1F. The number of halogens is 1. The number of benzene rings is 1. The van der Waals surface area contributed by atoms with Gasteiger partial charge in [0.2, 0.25) is 5.91 Å². The predicted octanol–water partition coefficient (Wildman–Crippen LogP) is 2.50. The average Bonchev–Trinajstić information content (AvgIpc) is 2.27. The summed E-state index contributed by atoms with van der Waals surface area (Å²) in [4.78, 5) is 11.4. The fraction of sp³-hybridized carbons (Fsp3) is 0.462. The van der Waals surface area contributed by atoms with Gasteiger partial charge in [-0.1, -0.05) is 19.9 Å². The molecule has 0 saturated heterocycles. The van der Waals surface area contributed by atoms with Crippen molar-refractivity contribution < 1.29 is 13.9 Å². The van der Waals surface area contributed by atoms with Crippen LogP contribution in [0, 0.1) is 11.7 Å². The minimum Gasteiger partial charge on any atom is -0.494 e. The summed E-state index contributed by atoms with van der Waals surface area (Å²) in [6, 6.07) is 4.56. The Balaban J connectivity index is 2.55. The maximum atomic E-state index is 13.1. The second kappa shape index (κ2) is 6.23. The van der Waals surface area contributed by atoms with Crippen molar-refractivity contribution in [2.75, 3.05) is 7.11 Å². The topological polar surface area (TPSA) is 38.3 Å². The Morgan fingerprint density at radius 1 is 1.47 bits per heavy atom. The third-order valence-electron chi connectivity index (χ3n) is 2.30. The first-order chi connectivity index (χ1) is 8.02. The smallest absolute Gasteiger partial charge is 0.220 e. The minimum absolute atomic E-state index is 0.00305. The van der Waals surface area contributed by atoms with Gasteiger partial charge < -0.3 is 10.1 Å². The Morgan fingerprint density at radius 3 is 2.76 bits per heavy atom. The van der Waals surface area contributed by atoms with Crippen LogP contribution in [0.5, 0.6) is 5.75 Å². The minimum atomic E-state index is -0.398. The summed E-state index contributed by atoms with van der Waals surface area (Å²) in [5.41, 5.74) is 0.820. The van der Waals surface area contributed by atoms with Crippen molar-refractivity contribution in [1.82, 2.24) is 5.32 Å². The number of hydrogen-bond acceptors (Lipinski definition) is 2. The van der Waals surface area contributed by atoms with Gasteiger partial charge in [-0.25, -0.2) is 4.39 Å². The number of methoxy groups -OCH3 is 1. The van der Waals surface area contributed by atoms with Gasteiger partial charge in [0.05, 0.1) is 7.11 Å². The molecule has 1 amide bonds. The molecule has 0 heterocycles. The van der Waals surface area contributed by atoms with Crippen molar-refractivity contribution in [3.63, 3.8) is 0 Å². The second-order valence-electron chi connectivity index (χ2n) is 4.34. The highest BCUT2D eigenvalue weighted by molar-refractivity contribution is 5.76. The van der Waals surface area contributed by atoms with Crippen LogP contribution < -0.4 is 10.1 Å². The van der Waals surface area contributed by atoms with Gasteiger partial charge >= 0.3 is 0 Å². The van der Waals surface area contributed by atoms with Gasteiger partial charge in [-0.3, -0.25) is 4.79 Å². The molecule has 0 aliphatic heterocycles. The molecule has 3 nitrogen and oxygen atoms in total. The maximum absolute atomic E-state index is 13.1. The van der Waals surface area contributed by atoms with Crippen LogP contribution in [-0.2, 0) is 11.3 Å². The molecule has 1 aromatic rings. The summed E-state index contributed by atoms with van der Waals surface area (Å²) in [6.45, 7) is 4.36. The standard InChI is InChI=1S/C13H18FNO2/c1-9(2)6-13(16)15-8-10-4-5-11(14)12(7-10)17-3/h4-5,7,9H,6,8H2,1-3H3,(H,15,16). The zero-order valence-electron chi connectivity index (χ0n) is 10.4. The lowest BCUT2D eigenvalue weighted by molar-refractivity contribution is -0.121. The van der Waals surface area contributed by atoms with Crippen LogP contribution in [0.2, 0.25) is 0 Å². The van der Waals surface area contributed by atoms with Gasteiger partial charge in [0.15, 0.2) is 11.6 Å². The quantitative estimate of drug-likeness (QED) is 0.857. The predicted molar refractivity (Wildman–Crippen MR) is 64.3 cm³/mol. The third kappa shape index (κ3) is 4.43. The van der Waals surface area contributed by atoms with Crippen molar-refractivity contribution in [1.29, 1.82) is 0 Å². The monoisotopic (exact) mass is 239 g/mol. The number of carbonyl (C=O) groups excluding carboxylic acids is 1. The Morgan fingerprint density at radius 2 is 2.18 bits per heavy atom. The van der Waals surface area contributed by atoms with E-state index in [0.29, 0.717) is 18.9 Å². The lowest BCUT2D eigenvalue weighted by Gasteiger charge is -2.08. The summed E-state index contributed by atoms with van der Waals surface area (Å²) >= 11 is 0. The molecule has 0 radical (unpaired) electrons. The zero-order chi connectivity index (χ0) is 12.8. The van der Waals surface area contributed by atoms with E-state index in [0.717, 1.165) is 5.56 Å². The van der Waals surface area contributed by atoms with Crippen molar-refractivity contribution >= 4 is 5.91 Å². The van der Waals surface area contributed by atoms with Gasteiger partial charge in [0.25, 0.3) is 0 Å². The molecule has 0 atom stereocenters. The van der Waals surface area contributed by atoms with E-state index in [1.165, 1.54) is 13.2 Å². The van der Waals surface area contributed by atoms with Crippen molar-refractivity contribution in [3.8, 4) is 5.75 Å². The molecule has 0 bridgehead atoms. The number of rotatable bonds is 5. The highest BCUT2D eigenvalue weighted by atomic mass is 19.1. The van der Waals surface area contributed by atoms with Gasteiger partial charge in [0.1, 0.15) is 0 Å². The molecule has 0 spiro atoms. The summed E-state index contributed by atoms with van der Waals surface area (Å²) in [5.74, 6) is 0.131. The van der Waals surface area contributed by atoms with E-state index in [4.69, 9.17) is 4.74 Å². The van der Waals surface area contributed by atoms with E-state index in [2.05, 4.69) is 5.32 Å². The number of hydrogen-bond donors (Lipinski definition) is 1. The van der Waals surface area contributed by atoms with E-state index in [1.54, 1.807) is 12.1 Å². The molecular weight excluding hydrogens is 221 g/mol. The molecule has 0 aliphatic carbocycles. The molecule has 0 aromatic heterocycles. The molecule has 0 saturated carbocycles. The normalized spacial score (nSPS) is 10.4. The zero-order valence-corrected chi connectivity index (χ0v) is 10.4. The Hall–Kier alpha value is -1.58. The number of ether oxygens (including phenoxy) is 1. The van der Waals surface area contributed by atoms with Crippen LogP contribution >= 0.6 is 0 Å². The van der Waals surface area contributed by atoms with Gasteiger partial charge in [-0.15, -0.1) is 0 Å². The van der Waals surface area contributed by atoms with E-state index < -0.39 is 5.82 Å². The lowest BCUT2D eigenvalue weighted by atomic mass is 10.1. The summed E-state index contributed by atoms with van der Waals surface area (Å²) < 4.78 is 18.0. The van der Waals surface area contributed by atoms with Crippen LogP contribution in [0.1, 0.15) is 25.8 Å². The van der Waals surface area contributed by atoms with Crippen molar-refractivity contribution in [3.05, 3.63) is 29.6 Å². The van der Waals surface area contributed by atoms with Crippen LogP contribution in [0.15, 0.2) is 18.2 Å². The van der Waals surface area contributed by atoms with Crippen LogP contribution in [-0.4, -0.2) is 13.0 Å². The average molecular weight is 239 g/mol. The molecule has 1 N–H and O–H groups in total. The molecule has 1 rings (SSSR count). The first-order valence-electron chi connectivity index (χ1n) is 5.62. The highest BCUT2D eigenvalue weighted by Crippen LogP contribution is 2.18. The largest absolute Gasteiger partial charge is 0.494 e. The molecule has 94 valence electrons. The summed E-state index contributed by atoms with van der Waals surface area (Å²) in [6.07, 6.45) is 0.498. The van der Waals surface area contributed by atoms with Gasteiger partial charge in [-0.2, -0.15) is 0 Å². The van der Waals surface area contributed by atoms with Crippen LogP contribution in [0.25, 0.3) is 0 Å². The fourth-order valence-electron chi connectivity index (χ4n) is 1.46. The highest BCUT2D eigenvalue weighted by Gasteiger charge is 2.06. The van der Waals surface area contributed by atoms with E-state index >= 15 is 0 Å². The Labute approximate surface area is 101 Å².